The quantitative estimate of drug-likeness (QED) is 0.559. The summed E-state index contributed by atoms with van der Waals surface area (Å²) in [4.78, 5) is 28.1. The maximum absolute atomic E-state index is 13.4. The number of benzene rings is 2. The van der Waals surface area contributed by atoms with Crippen LogP contribution in [0.2, 0.25) is 0 Å². The van der Waals surface area contributed by atoms with Crippen LogP contribution in [0.15, 0.2) is 48.5 Å². The number of nitrogens with zero attached hydrogens (tertiary/aromatic N) is 1. The Bertz CT molecular complexity index is 934. The van der Waals surface area contributed by atoms with E-state index in [2.05, 4.69) is 19.2 Å². The Hall–Kier alpha value is -2.82. The number of carbonyl (C=O) groups excluding carboxylic acids is 2. The number of nitrogens with one attached hydrogen (secondary N) is 1. The Labute approximate surface area is 198 Å². The minimum Gasteiger partial charge on any atom is -0.483 e. The summed E-state index contributed by atoms with van der Waals surface area (Å²) in [6, 6.07) is 15.4. The second-order valence-corrected chi connectivity index (χ2v) is 9.45. The summed E-state index contributed by atoms with van der Waals surface area (Å²) in [6.07, 6.45) is 5.55. The third kappa shape index (κ3) is 6.83. The molecule has 2 aromatic rings. The van der Waals surface area contributed by atoms with Crippen molar-refractivity contribution in [2.24, 2.45) is 0 Å². The third-order valence-corrected chi connectivity index (χ3v) is 6.61. The van der Waals surface area contributed by atoms with Gasteiger partial charge in [-0.25, -0.2) is 0 Å². The summed E-state index contributed by atoms with van der Waals surface area (Å²) in [7, 11) is 0. The van der Waals surface area contributed by atoms with Crippen LogP contribution in [-0.2, 0) is 16.1 Å². The molecule has 2 amide bonds. The molecule has 0 aliphatic heterocycles. The number of aryl methyl sites for hydroxylation is 1. The summed E-state index contributed by atoms with van der Waals surface area (Å²) < 4.78 is 5.97. The minimum absolute atomic E-state index is 0.0913. The van der Waals surface area contributed by atoms with E-state index in [0.717, 1.165) is 48.1 Å². The van der Waals surface area contributed by atoms with Crippen LogP contribution in [0.3, 0.4) is 0 Å². The summed E-state index contributed by atoms with van der Waals surface area (Å²) in [5, 5.41) is 3.18. The molecule has 0 saturated heterocycles. The molecule has 0 bridgehead atoms. The zero-order valence-corrected chi connectivity index (χ0v) is 20.5. The van der Waals surface area contributed by atoms with E-state index in [1.54, 1.807) is 4.90 Å². The molecule has 5 nitrogen and oxygen atoms in total. The van der Waals surface area contributed by atoms with E-state index >= 15 is 0 Å². The normalized spacial score (nSPS) is 15.2. The molecule has 33 heavy (non-hydrogen) atoms. The summed E-state index contributed by atoms with van der Waals surface area (Å²) in [5.41, 5.74) is 3.20. The molecule has 1 saturated carbocycles. The molecule has 1 atom stereocenters. The van der Waals surface area contributed by atoms with Gasteiger partial charge in [-0.3, -0.25) is 9.59 Å². The number of carbonyl (C=O) groups is 2. The van der Waals surface area contributed by atoms with Crippen LogP contribution < -0.4 is 10.1 Å². The fraction of sp³-hybridized carbons (Fsp3) is 0.500. The molecule has 178 valence electrons. The van der Waals surface area contributed by atoms with Crippen LogP contribution in [0.4, 0.5) is 0 Å². The lowest BCUT2D eigenvalue weighted by Crippen LogP contribution is -2.51. The number of ether oxygens (including phenoxy) is 1. The van der Waals surface area contributed by atoms with E-state index in [1.807, 2.05) is 62.4 Å². The van der Waals surface area contributed by atoms with Gasteiger partial charge in [0.25, 0.3) is 5.91 Å². The van der Waals surface area contributed by atoms with Crippen LogP contribution in [0, 0.1) is 6.92 Å². The Morgan fingerprint density at radius 1 is 1.00 bits per heavy atom. The monoisotopic (exact) mass is 450 g/mol. The predicted molar refractivity (Wildman–Crippen MR) is 132 cm³/mol. The number of hydrogen-bond acceptors (Lipinski definition) is 3. The highest BCUT2D eigenvalue weighted by molar-refractivity contribution is 5.88. The summed E-state index contributed by atoms with van der Waals surface area (Å²) in [6.45, 7) is 8.32. The molecule has 0 unspecified atom stereocenters. The second kappa shape index (κ2) is 11.9. The Balaban J connectivity index is 1.75. The molecule has 1 aliphatic rings. The SMILES string of the molecule is Cc1ccccc1CN(C(=O)COc1ccccc1C(C)C)[C@@H](C)C(=O)NC1CCCCC1. The number of amides is 2. The lowest BCUT2D eigenvalue weighted by Gasteiger charge is -2.31. The van der Waals surface area contributed by atoms with Crippen molar-refractivity contribution >= 4 is 11.8 Å². The molecule has 0 heterocycles. The van der Waals surface area contributed by atoms with Crippen LogP contribution >= 0.6 is 0 Å². The van der Waals surface area contributed by atoms with Crippen LogP contribution in [-0.4, -0.2) is 35.4 Å². The van der Waals surface area contributed by atoms with Crippen LogP contribution in [0.25, 0.3) is 0 Å². The summed E-state index contributed by atoms with van der Waals surface area (Å²) in [5.74, 6) is 0.727. The number of para-hydroxylation sites is 1. The third-order valence-electron chi connectivity index (χ3n) is 6.61. The van der Waals surface area contributed by atoms with Crippen molar-refractivity contribution in [2.45, 2.75) is 84.3 Å². The zero-order valence-electron chi connectivity index (χ0n) is 20.5. The van der Waals surface area contributed by atoms with Gasteiger partial charge >= 0.3 is 0 Å². The molecule has 0 aromatic heterocycles. The van der Waals surface area contributed by atoms with Gasteiger partial charge in [0.1, 0.15) is 11.8 Å². The average Bonchev–Trinajstić information content (AvgIpc) is 2.82. The summed E-state index contributed by atoms with van der Waals surface area (Å²) >= 11 is 0. The molecular weight excluding hydrogens is 412 g/mol. The van der Waals surface area contributed by atoms with E-state index < -0.39 is 6.04 Å². The number of rotatable bonds is 9. The molecule has 5 heteroatoms. The van der Waals surface area contributed by atoms with Crippen molar-refractivity contribution in [3.63, 3.8) is 0 Å². The predicted octanol–water partition coefficient (Wildman–Crippen LogP) is 5.36. The molecule has 3 rings (SSSR count). The van der Waals surface area contributed by atoms with Crippen molar-refractivity contribution in [1.82, 2.24) is 10.2 Å². The first-order valence-electron chi connectivity index (χ1n) is 12.2. The van der Waals surface area contributed by atoms with Gasteiger partial charge < -0.3 is 15.0 Å². The van der Waals surface area contributed by atoms with Gasteiger partial charge in [0, 0.05) is 12.6 Å². The minimum atomic E-state index is -0.581. The van der Waals surface area contributed by atoms with Crippen molar-refractivity contribution in [1.29, 1.82) is 0 Å². The Morgan fingerprint density at radius 2 is 1.67 bits per heavy atom. The fourth-order valence-corrected chi connectivity index (χ4v) is 4.43. The van der Waals surface area contributed by atoms with Crippen molar-refractivity contribution in [3.8, 4) is 5.75 Å². The van der Waals surface area contributed by atoms with E-state index in [0.29, 0.717) is 12.5 Å². The van der Waals surface area contributed by atoms with Gasteiger partial charge in [0.15, 0.2) is 6.61 Å². The van der Waals surface area contributed by atoms with E-state index in [9.17, 15) is 9.59 Å². The first-order valence-corrected chi connectivity index (χ1v) is 12.2. The first kappa shape index (κ1) is 24.8. The van der Waals surface area contributed by atoms with E-state index in [1.165, 1.54) is 6.42 Å². The highest BCUT2D eigenvalue weighted by atomic mass is 16.5. The largest absolute Gasteiger partial charge is 0.483 e. The Morgan fingerprint density at radius 3 is 2.36 bits per heavy atom. The highest BCUT2D eigenvalue weighted by Gasteiger charge is 2.29. The molecule has 1 aliphatic carbocycles. The lowest BCUT2D eigenvalue weighted by atomic mass is 9.95. The van der Waals surface area contributed by atoms with Gasteiger partial charge in [-0.1, -0.05) is 75.6 Å². The van der Waals surface area contributed by atoms with E-state index in [4.69, 9.17) is 4.74 Å². The Kier molecular flexibility index (Phi) is 8.93. The fourth-order valence-electron chi connectivity index (χ4n) is 4.43. The van der Waals surface area contributed by atoms with Gasteiger partial charge in [-0.05, 0) is 55.4 Å². The molecular formula is C28H38N2O3. The van der Waals surface area contributed by atoms with Crippen LogP contribution in [0.1, 0.15) is 75.5 Å². The standard InChI is InChI=1S/C28H38N2O3/c1-20(2)25-16-10-11-17-26(25)33-19-27(31)30(18-23-13-9-8-12-21(23)3)22(4)28(32)29-24-14-6-5-7-15-24/h8-13,16-17,20,22,24H,5-7,14-15,18-19H2,1-4H3,(H,29,32)/t22-/m0/s1. The maximum Gasteiger partial charge on any atom is 0.261 e. The van der Waals surface area contributed by atoms with Crippen molar-refractivity contribution < 1.29 is 14.3 Å². The van der Waals surface area contributed by atoms with Gasteiger partial charge in [-0.15, -0.1) is 0 Å². The molecule has 1 fully saturated rings. The number of hydrogen-bond donors (Lipinski definition) is 1. The van der Waals surface area contributed by atoms with Crippen molar-refractivity contribution in [2.75, 3.05) is 6.61 Å². The van der Waals surface area contributed by atoms with Crippen molar-refractivity contribution in [3.05, 3.63) is 65.2 Å². The lowest BCUT2D eigenvalue weighted by molar-refractivity contribution is -0.142. The van der Waals surface area contributed by atoms with Gasteiger partial charge in [0.2, 0.25) is 5.91 Å². The molecule has 0 radical (unpaired) electrons. The topological polar surface area (TPSA) is 58.6 Å². The van der Waals surface area contributed by atoms with Crippen LogP contribution in [0.5, 0.6) is 5.75 Å². The zero-order chi connectivity index (χ0) is 23.8. The maximum atomic E-state index is 13.4. The smallest absolute Gasteiger partial charge is 0.261 e. The molecule has 2 aromatic carbocycles. The second-order valence-electron chi connectivity index (χ2n) is 9.45. The van der Waals surface area contributed by atoms with E-state index in [-0.39, 0.29) is 24.5 Å². The van der Waals surface area contributed by atoms with Gasteiger partial charge in [-0.2, -0.15) is 0 Å². The highest BCUT2D eigenvalue weighted by Crippen LogP contribution is 2.26. The average molecular weight is 451 g/mol. The molecule has 1 N–H and O–H groups in total. The first-order chi connectivity index (χ1) is 15.9. The molecule has 0 spiro atoms. The van der Waals surface area contributed by atoms with Gasteiger partial charge in [0.05, 0.1) is 0 Å².